The second-order valence-electron chi connectivity index (χ2n) is 4.70. The van der Waals surface area contributed by atoms with E-state index in [1.165, 1.54) is 0 Å². The molecule has 120 valence electrons. The van der Waals surface area contributed by atoms with Gasteiger partial charge in [0.05, 0.1) is 0 Å². The SMILES string of the molecule is CSc1ccc(COC(=O)CNC(=O)c2ccc(Br)cc2)cc1. The van der Waals surface area contributed by atoms with E-state index >= 15 is 0 Å². The molecule has 0 radical (unpaired) electrons. The first-order valence-electron chi connectivity index (χ1n) is 6.91. The number of hydrogen-bond acceptors (Lipinski definition) is 4. The van der Waals surface area contributed by atoms with Crippen molar-refractivity contribution in [1.29, 1.82) is 0 Å². The Hall–Kier alpha value is -1.79. The van der Waals surface area contributed by atoms with E-state index in [1.807, 2.05) is 30.5 Å². The summed E-state index contributed by atoms with van der Waals surface area (Å²) in [6.07, 6.45) is 2.00. The number of amides is 1. The van der Waals surface area contributed by atoms with Crippen LogP contribution in [0.4, 0.5) is 0 Å². The summed E-state index contributed by atoms with van der Waals surface area (Å²) < 4.78 is 6.03. The molecule has 0 saturated heterocycles. The lowest BCUT2D eigenvalue weighted by molar-refractivity contribution is -0.143. The van der Waals surface area contributed by atoms with Crippen molar-refractivity contribution in [2.75, 3.05) is 12.8 Å². The van der Waals surface area contributed by atoms with Gasteiger partial charge in [0.25, 0.3) is 5.91 Å². The van der Waals surface area contributed by atoms with Crippen LogP contribution in [-0.2, 0) is 16.1 Å². The van der Waals surface area contributed by atoms with Crippen molar-refractivity contribution < 1.29 is 14.3 Å². The van der Waals surface area contributed by atoms with Crippen LogP contribution in [0.1, 0.15) is 15.9 Å². The first-order chi connectivity index (χ1) is 11.1. The second-order valence-corrected chi connectivity index (χ2v) is 6.49. The molecule has 0 spiro atoms. The van der Waals surface area contributed by atoms with Crippen LogP contribution in [-0.4, -0.2) is 24.7 Å². The molecule has 0 saturated carbocycles. The molecule has 0 aliphatic heterocycles. The van der Waals surface area contributed by atoms with E-state index in [1.54, 1.807) is 36.0 Å². The van der Waals surface area contributed by atoms with Crippen molar-refractivity contribution in [3.05, 3.63) is 64.1 Å². The van der Waals surface area contributed by atoms with Crippen molar-refractivity contribution in [2.24, 2.45) is 0 Å². The molecule has 0 unspecified atom stereocenters. The highest BCUT2D eigenvalue weighted by Crippen LogP contribution is 2.15. The quantitative estimate of drug-likeness (QED) is 0.601. The van der Waals surface area contributed by atoms with Gasteiger partial charge in [-0.2, -0.15) is 0 Å². The van der Waals surface area contributed by atoms with Crippen molar-refractivity contribution in [3.8, 4) is 0 Å². The van der Waals surface area contributed by atoms with Gasteiger partial charge in [-0.05, 0) is 48.2 Å². The van der Waals surface area contributed by atoms with Crippen LogP contribution in [0.5, 0.6) is 0 Å². The van der Waals surface area contributed by atoms with Crippen LogP contribution in [0, 0.1) is 0 Å². The molecule has 0 atom stereocenters. The highest BCUT2D eigenvalue weighted by molar-refractivity contribution is 9.10. The molecule has 0 fully saturated rings. The number of ether oxygens (including phenoxy) is 1. The van der Waals surface area contributed by atoms with Crippen LogP contribution in [0.15, 0.2) is 57.9 Å². The van der Waals surface area contributed by atoms with E-state index in [9.17, 15) is 9.59 Å². The van der Waals surface area contributed by atoms with Gasteiger partial charge in [0, 0.05) is 14.9 Å². The summed E-state index contributed by atoms with van der Waals surface area (Å²) in [5.74, 6) is -0.775. The molecule has 1 amide bonds. The van der Waals surface area contributed by atoms with Gasteiger partial charge in [-0.25, -0.2) is 0 Å². The van der Waals surface area contributed by atoms with Crippen LogP contribution in [0.25, 0.3) is 0 Å². The number of benzene rings is 2. The van der Waals surface area contributed by atoms with Crippen molar-refractivity contribution >= 4 is 39.6 Å². The summed E-state index contributed by atoms with van der Waals surface area (Å²) in [6.45, 7) is 0.0411. The molecule has 6 heteroatoms. The Kier molecular flexibility index (Phi) is 6.67. The fourth-order valence-electron chi connectivity index (χ4n) is 1.79. The highest BCUT2D eigenvalue weighted by atomic mass is 79.9. The molecule has 2 aromatic rings. The Bertz CT molecular complexity index is 671. The zero-order valence-electron chi connectivity index (χ0n) is 12.5. The fraction of sp³-hybridized carbons (Fsp3) is 0.176. The summed E-state index contributed by atoms with van der Waals surface area (Å²) in [7, 11) is 0. The third kappa shape index (κ3) is 5.73. The Labute approximate surface area is 147 Å². The van der Waals surface area contributed by atoms with E-state index in [0.29, 0.717) is 5.56 Å². The van der Waals surface area contributed by atoms with Gasteiger partial charge < -0.3 is 10.1 Å². The van der Waals surface area contributed by atoms with Gasteiger partial charge in [0.2, 0.25) is 0 Å². The fourth-order valence-corrected chi connectivity index (χ4v) is 2.46. The molecule has 0 aromatic heterocycles. The monoisotopic (exact) mass is 393 g/mol. The summed E-state index contributed by atoms with van der Waals surface area (Å²) in [5.41, 5.74) is 1.41. The lowest BCUT2D eigenvalue weighted by atomic mass is 10.2. The maximum absolute atomic E-state index is 11.9. The molecule has 23 heavy (non-hydrogen) atoms. The molecule has 2 rings (SSSR count). The Morgan fingerprint density at radius 3 is 2.35 bits per heavy atom. The summed E-state index contributed by atoms with van der Waals surface area (Å²) >= 11 is 4.96. The Morgan fingerprint density at radius 1 is 1.09 bits per heavy atom. The number of carbonyl (C=O) groups is 2. The van der Waals surface area contributed by atoms with Crippen molar-refractivity contribution in [1.82, 2.24) is 5.32 Å². The predicted molar refractivity (Wildman–Crippen MR) is 94.5 cm³/mol. The zero-order chi connectivity index (χ0) is 16.7. The van der Waals surface area contributed by atoms with Crippen LogP contribution in [0.3, 0.4) is 0 Å². The van der Waals surface area contributed by atoms with Crippen molar-refractivity contribution in [2.45, 2.75) is 11.5 Å². The highest BCUT2D eigenvalue weighted by Gasteiger charge is 2.09. The molecular formula is C17H16BrNO3S. The van der Waals surface area contributed by atoms with Crippen LogP contribution in [0.2, 0.25) is 0 Å². The van der Waals surface area contributed by atoms with Gasteiger partial charge in [-0.1, -0.05) is 28.1 Å². The maximum Gasteiger partial charge on any atom is 0.325 e. The van der Waals surface area contributed by atoms with Gasteiger partial charge in [0.1, 0.15) is 13.2 Å². The number of esters is 1. The minimum atomic E-state index is -0.468. The standard InChI is InChI=1S/C17H16BrNO3S/c1-23-15-8-2-12(3-9-15)11-22-16(20)10-19-17(21)13-4-6-14(18)7-5-13/h2-9H,10-11H2,1H3,(H,19,21). The second kappa shape index (κ2) is 8.74. The van der Waals surface area contributed by atoms with Crippen molar-refractivity contribution in [3.63, 3.8) is 0 Å². The molecule has 4 nitrogen and oxygen atoms in total. The van der Waals surface area contributed by atoms with Crippen LogP contribution < -0.4 is 5.32 Å². The zero-order valence-corrected chi connectivity index (χ0v) is 14.9. The predicted octanol–water partition coefficient (Wildman–Crippen LogP) is 3.64. The number of carbonyl (C=O) groups excluding carboxylic acids is 2. The molecule has 0 aliphatic rings. The average molecular weight is 394 g/mol. The minimum Gasteiger partial charge on any atom is -0.460 e. The first kappa shape index (κ1) is 17.6. The Balaban J connectivity index is 1.76. The van der Waals surface area contributed by atoms with E-state index < -0.39 is 5.97 Å². The molecule has 0 bridgehead atoms. The third-order valence-corrected chi connectivity index (χ3v) is 4.33. The first-order valence-corrected chi connectivity index (χ1v) is 8.92. The van der Waals surface area contributed by atoms with E-state index in [-0.39, 0.29) is 19.1 Å². The molecular weight excluding hydrogens is 378 g/mol. The van der Waals surface area contributed by atoms with E-state index in [4.69, 9.17) is 4.74 Å². The maximum atomic E-state index is 11.9. The topological polar surface area (TPSA) is 55.4 Å². The number of nitrogens with one attached hydrogen (secondary N) is 1. The Morgan fingerprint density at radius 2 is 1.74 bits per heavy atom. The molecule has 0 heterocycles. The summed E-state index contributed by atoms with van der Waals surface area (Å²) in [6, 6.07) is 14.7. The van der Waals surface area contributed by atoms with E-state index in [2.05, 4.69) is 21.2 Å². The van der Waals surface area contributed by atoms with Gasteiger partial charge >= 0.3 is 5.97 Å². The van der Waals surface area contributed by atoms with Crippen LogP contribution >= 0.6 is 27.7 Å². The molecule has 1 N–H and O–H groups in total. The van der Waals surface area contributed by atoms with E-state index in [0.717, 1.165) is 14.9 Å². The molecule has 2 aromatic carbocycles. The lowest BCUT2D eigenvalue weighted by Gasteiger charge is -2.07. The summed E-state index contributed by atoms with van der Waals surface area (Å²) in [5, 5.41) is 2.54. The summed E-state index contributed by atoms with van der Waals surface area (Å²) in [4.78, 5) is 24.7. The molecule has 0 aliphatic carbocycles. The lowest BCUT2D eigenvalue weighted by Crippen LogP contribution is -2.30. The largest absolute Gasteiger partial charge is 0.460 e. The average Bonchev–Trinajstić information content (AvgIpc) is 2.59. The number of halogens is 1. The minimum absolute atomic E-state index is 0.155. The normalized spacial score (nSPS) is 10.2. The number of hydrogen-bond donors (Lipinski definition) is 1. The smallest absolute Gasteiger partial charge is 0.325 e. The van der Waals surface area contributed by atoms with Gasteiger partial charge in [-0.15, -0.1) is 11.8 Å². The van der Waals surface area contributed by atoms with Gasteiger partial charge in [0.15, 0.2) is 0 Å². The third-order valence-electron chi connectivity index (χ3n) is 3.06. The van der Waals surface area contributed by atoms with Gasteiger partial charge in [-0.3, -0.25) is 9.59 Å². The number of rotatable bonds is 6. The number of thioether (sulfide) groups is 1.